The molecule has 0 N–H and O–H groups in total. The maximum Gasteiger partial charge on any atom is 0.165 e. The summed E-state index contributed by atoms with van der Waals surface area (Å²) in [6.07, 6.45) is 0.931. The molecule has 1 aliphatic heterocycles. The topological polar surface area (TPSA) is 18.5 Å². The molecule has 3 rings (SSSR count). The fourth-order valence-corrected chi connectivity index (χ4v) is 3.01. The SMILES string of the molecule is BrC(Cc1ccccc1)c1cccc2c1OCCO2. The molecule has 0 aliphatic carbocycles. The van der Waals surface area contributed by atoms with Gasteiger partial charge in [-0.25, -0.2) is 0 Å². The quantitative estimate of drug-likeness (QED) is 0.792. The molecule has 2 aromatic rings. The van der Waals surface area contributed by atoms with Gasteiger partial charge in [-0.3, -0.25) is 0 Å². The lowest BCUT2D eigenvalue weighted by atomic mass is 10.0. The van der Waals surface area contributed by atoms with Gasteiger partial charge in [-0.1, -0.05) is 58.4 Å². The highest BCUT2D eigenvalue weighted by Crippen LogP contribution is 2.41. The molecular formula is C16H15BrO2. The van der Waals surface area contributed by atoms with E-state index in [4.69, 9.17) is 9.47 Å². The van der Waals surface area contributed by atoms with Crippen LogP contribution in [0.4, 0.5) is 0 Å². The lowest BCUT2D eigenvalue weighted by Crippen LogP contribution is -2.17. The monoisotopic (exact) mass is 318 g/mol. The third-order valence-electron chi connectivity index (χ3n) is 3.19. The van der Waals surface area contributed by atoms with Gasteiger partial charge >= 0.3 is 0 Å². The van der Waals surface area contributed by atoms with E-state index in [9.17, 15) is 0 Å². The highest BCUT2D eigenvalue weighted by atomic mass is 79.9. The van der Waals surface area contributed by atoms with Crippen LogP contribution in [0.15, 0.2) is 48.5 Å². The Morgan fingerprint density at radius 1 is 0.947 bits per heavy atom. The summed E-state index contributed by atoms with van der Waals surface area (Å²) in [4.78, 5) is 0.228. The number of rotatable bonds is 3. The predicted octanol–water partition coefficient (Wildman–Crippen LogP) is 4.14. The van der Waals surface area contributed by atoms with Crippen molar-refractivity contribution in [2.24, 2.45) is 0 Å². The molecule has 19 heavy (non-hydrogen) atoms. The van der Waals surface area contributed by atoms with Crippen molar-refractivity contribution in [2.45, 2.75) is 11.2 Å². The van der Waals surface area contributed by atoms with Crippen LogP contribution >= 0.6 is 15.9 Å². The average molecular weight is 319 g/mol. The van der Waals surface area contributed by atoms with Crippen LogP contribution in [-0.4, -0.2) is 13.2 Å². The number of hydrogen-bond donors (Lipinski definition) is 0. The molecule has 0 saturated heterocycles. The smallest absolute Gasteiger partial charge is 0.165 e. The average Bonchev–Trinajstić information content (AvgIpc) is 2.47. The van der Waals surface area contributed by atoms with E-state index in [1.165, 1.54) is 5.56 Å². The molecule has 0 spiro atoms. The van der Waals surface area contributed by atoms with Crippen LogP contribution in [0.5, 0.6) is 11.5 Å². The van der Waals surface area contributed by atoms with Gasteiger partial charge < -0.3 is 9.47 Å². The Bertz CT molecular complexity index is 554. The number of halogens is 1. The molecule has 0 radical (unpaired) electrons. The molecule has 2 aromatic carbocycles. The molecule has 0 amide bonds. The second-order valence-electron chi connectivity index (χ2n) is 4.53. The second-order valence-corrected chi connectivity index (χ2v) is 5.63. The molecule has 1 aliphatic rings. The molecule has 1 unspecified atom stereocenters. The van der Waals surface area contributed by atoms with Gasteiger partial charge in [-0.2, -0.15) is 0 Å². The lowest BCUT2D eigenvalue weighted by Gasteiger charge is -2.23. The molecule has 0 aromatic heterocycles. The zero-order valence-electron chi connectivity index (χ0n) is 10.5. The van der Waals surface area contributed by atoms with Crippen molar-refractivity contribution in [3.63, 3.8) is 0 Å². The maximum absolute atomic E-state index is 5.76. The van der Waals surface area contributed by atoms with Gasteiger partial charge in [0.1, 0.15) is 13.2 Å². The van der Waals surface area contributed by atoms with Gasteiger partial charge in [0.15, 0.2) is 11.5 Å². The summed E-state index contributed by atoms with van der Waals surface area (Å²) in [6, 6.07) is 16.5. The summed E-state index contributed by atoms with van der Waals surface area (Å²) in [7, 11) is 0. The summed E-state index contributed by atoms with van der Waals surface area (Å²) in [5.41, 5.74) is 2.46. The van der Waals surface area contributed by atoms with Gasteiger partial charge in [-0.05, 0) is 18.1 Å². The van der Waals surface area contributed by atoms with E-state index in [0.717, 1.165) is 23.5 Å². The Kier molecular flexibility index (Phi) is 3.74. The minimum Gasteiger partial charge on any atom is -0.486 e. The van der Waals surface area contributed by atoms with Gasteiger partial charge in [0.25, 0.3) is 0 Å². The van der Waals surface area contributed by atoms with Crippen LogP contribution < -0.4 is 9.47 Å². The Hall–Kier alpha value is -1.48. The maximum atomic E-state index is 5.76. The lowest BCUT2D eigenvalue weighted by molar-refractivity contribution is 0.170. The minimum absolute atomic E-state index is 0.228. The molecule has 0 fully saturated rings. The van der Waals surface area contributed by atoms with Crippen molar-refractivity contribution in [3.05, 3.63) is 59.7 Å². The summed E-state index contributed by atoms with van der Waals surface area (Å²) in [6.45, 7) is 1.25. The second kappa shape index (κ2) is 5.66. The van der Waals surface area contributed by atoms with E-state index in [1.54, 1.807) is 0 Å². The zero-order valence-corrected chi connectivity index (χ0v) is 12.1. The largest absolute Gasteiger partial charge is 0.486 e. The highest BCUT2D eigenvalue weighted by Gasteiger charge is 2.20. The van der Waals surface area contributed by atoms with Crippen LogP contribution in [0.1, 0.15) is 16.0 Å². The normalized spacial score (nSPS) is 15.0. The molecule has 0 saturated carbocycles. The van der Waals surface area contributed by atoms with Crippen LogP contribution in [0.25, 0.3) is 0 Å². The first-order valence-electron chi connectivity index (χ1n) is 6.41. The molecule has 1 heterocycles. The summed E-state index contributed by atoms with van der Waals surface area (Å²) in [5.74, 6) is 1.73. The number of ether oxygens (including phenoxy) is 2. The van der Waals surface area contributed by atoms with E-state index in [-0.39, 0.29) is 4.83 Å². The van der Waals surface area contributed by atoms with Crippen molar-refractivity contribution < 1.29 is 9.47 Å². The first kappa shape index (κ1) is 12.5. The third kappa shape index (κ3) is 2.76. The predicted molar refractivity (Wildman–Crippen MR) is 79.2 cm³/mol. The number of alkyl halides is 1. The van der Waals surface area contributed by atoms with Crippen molar-refractivity contribution in [3.8, 4) is 11.5 Å². The van der Waals surface area contributed by atoms with Crippen molar-refractivity contribution in [2.75, 3.05) is 13.2 Å². The van der Waals surface area contributed by atoms with Gasteiger partial charge in [0.05, 0.1) is 0 Å². The van der Waals surface area contributed by atoms with E-state index in [0.29, 0.717) is 13.2 Å². The molecule has 0 bridgehead atoms. The fourth-order valence-electron chi connectivity index (χ4n) is 2.27. The number of fused-ring (bicyclic) bond motifs is 1. The van der Waals surface area contributed by atoms with E-state index >= 15 is 0 Å². The summed E-state index contributed by atoms with van der Waals surface area (Å²) >= 11 is 3.77. The Balaban J connectivity index is 1.86. The highest BCUT2D eigenvalue weighted by molar-refractivity contribution is 9.09. The van der Waals surface area contributed by atoms with E-state index in [2.05, 4.69) is 46.3 Å². The Morgan fingerprint density at radius 3 is 2.58 bits per heavy atom. The standard InChI is InChI=1S/C16H15BrO2/c17-14(11-12-5-2-1-3-6-12)13-7-4-8-15-16(13)19-10-9-18-15/h1-8,14H,9-11H2. The minimum atomic E-state index is 0.228. The van der Waals surface area contributed by atoms with Crippen LogP contribution in [0.2, 0.25) is 0 Å². The zero-order chi connectivity index (χ0) is 13.1. The van der Waals surface area contributed by atoms with Gasteiger partial charge in [0, 0.05) is 10.4 Å². The number of benzene rings is 2. The summed E-state index contributed by atoms with van der Waals surface area (Å²) < 4.78 is 11.4. The fraction of sp³-hybridized carbons (Fsp3) is 0.250. The van der Waals surface area contributed by atoms with Crippen molar-refractivity contribution in [1.82, 2.24) is 0 Å². The Labute approximate surface area is 121 Å². The van der Waals surface area contributed by atoms with Crippen LogP contribution in [-0.2, 0) is 6.42 Å². The molecule has 1 atom stereocenters. The molecular weight excluding hydrogens is 304 g/mol. The number of para-hydroxylation sites is 1. The Morgan fingerprint density at radius 2 is 1.74 bits per heavy atom. The van der Waals surface area contributed by atoms with Gasteiger partial charge in [-0.15, -0.1) is 0 Å². The third-order valence-corrected chi connectivity index (χ3v) is 4.01. The molecule has 2 nitrogen and oxygen atoms in total. The molecule has 3 heteroatoms. The first-order valence-corrected chi connectivity index (χ1v) is 7.32. The summed E-state index contributed by atoms with van der Waals surface area (Å²) in [5, 5.41) is 0. The van der Waals surface area contributed by atoms with E-state index in [1.807, 2.05) is 18.2 Å². The van der Waals surface area contributed by atoms with Crippen molar-refractivity contribution in [1.29, 1.82) is 0 Å². The van der Waals surface area contributed by atoms with Crippen molar-refractivity contribution >= 4 is 15.9 Å². The van der Waals surface area contributed by atoms with Crippen LogP contribution in [0.3, 0.4) is 0 Å². The molecule has 98 valence electrons. The van der Waals surface area contributed by atoms with E-state index < -0.39 is 0 Å². The first-order chi connectivity index (χ1) is 9.34. The van der Waals surface area contributed by atoms with Gasteiger partial charge in [0.2, 0.25) is 0 Å². The van der Waals surface area contributed by atoms with Crippen LogP contribution in [0, 0.1) is 0 Å². The number of hydrogen-bond acceptors (Lipinski definition) is 2.